The third-order valence-electron chi connectivity index (χ3n) is 3.29. The number of ether oxygens (including phenoxy) is 1. The summed E-state index contributed by atoms with van der Waals surface area (Å²) in [5, 5.41) is 2.75. The van der Waals surface area contributed by atoms with Gasteiger partial charge in [0.25, 0.3) is 0 Å². The van der Waals surface area contributed by atoms with E-state index in [9.17, 15) is 9.18 Å². The second-order valence-corrected chi connectivity index (χ2v) is 7.95. The van der Waals surface area contributed by atoms with Gasteiger partial charge in [-0.15, -0.1) is 0 Å². The summed E-state index contributed by atoms with van der Waals surface area (Å²) in [6.45, 7) is 9.61. The van der Waals surface area contributed by atoms with Crippen LogP contribution in [0.1, 0.15) is 34.6 Å². The molecule has 0 atom stereocenters. The number of hydrogen-bond acceptors (Lipinski definition) is 3. The molecule has 5 nitrogen and oxygen atoms in total. The third-order valence-corrected chi connectivity index (χ3v) is 3.74. The largest absolute Gasteiger partial charge is 0.444 e. The first-order valence-corrected chi connectivity index (χ1v) is 8.08. The van der Waals surface area contributed by atoms with Crippen LogP contribution in [0.5, 0.6) is 0 Å². The molecular formula is C16H21BrFN3O2. The molecule has 2 rings (SSSR count). The highest BCUT2D eigenvalue weighted by Crippen LogP contribution is 2.27. The lowest BCUT2D eigenvalue weighted by Gasteiger charge is -2.28. The summed E-state index contributed by atoms with van der Waals surface area (Å²) in [5.74, 6) is -0.385. The van der Waals surface area contributed by atoms with Crippen molar-refractivity contribution in [1.82, 2.24) is 14.9 Å². The zero-order chi connectivity index (χ0) is 17.4. The molecule has 0 bridgehead atoms. The van der Waals surface area contributed by atoms with Crippen LogP contribution in [0.3, 0.4) is 0 Å². The van der Waals surface area contributed by atoms with Gasteiger partial charge < -0.3 is 14.6 Å². The molecule has 2 aromatic rings. The minimum absolute atomic E-state index is 0.304. The van der Waals surface area contributed by atoms with Crippen molar-refractivity contribution in [3.63, 3.8) is 0 Å². The second-order valence-electron chi connectivity index (χ2n) is 7.04. The summed E-state index contributed by atoms with van der Waals surface area (Å²) >= 11 is 3.29. The lowest BCUT2D eigenvalue weighted by molar-refractivity contribution is 0.0509. The number of hydrogen-bond donors (Lipinski definition) is 1. The van der Waals surface area contributed by atoms with E-state index >= 15 is 0 Å². The van der Waals surface area contributed by atoms with Crippen molar-refractivity contribution in [2.45, 2.75) is 45.8 Å². The smallest absolute Gasteiger partial charge is 0.407 e. The SMILES string of the molecule is CC(C)(C)OC(=O)NCC(C)(C)n1cnc2c(F)cc(Br)cc21. The molecule has 1 N–H and O–H groups in total. The first kappa shape index (κ1) is 17.7. The van der Waals surface area contributed by atoms with Gasteiger partial charge in [0.1, 0.15) is 11.1 Å². The maximum absolute atomic E-state index is 14.0. The normalized spacial score (nSPS) is 12.5. The van der Waals surface area contributed by atoms with Gasteiger partial charge >= 0.3 is 6.09 Å². The van der Waals surface area contributed by atoms with E-state index in [1.54, 1.807) is 33.2 Å². The van der Waals surface area contributed by atoms with Gasteiger partial charge in [-0.3, -0.25) is 0 Å². The lowest BCUT2D eigenvalue weighted by atomic mass is 10.1. The number of nitrogens with zero attached hydrogens (tertiary/aromatic N) is 2. The van der Waals surface area contributed by atoms with Crippen LogP contribution in [0.4, 0.5) is 9.18 Å². The van der Waals surface area contributed by atoms with Crippen molar-refractivity contribution in [2.75, 3.05) is 6.54 Å². The molecule has 0 fully saturated rings. The van der Waals surface area contributed by atoms with Crippen LogP contribution < -0.4 is 5.32 Å². The van der Waals surface area contributed by atoms with Gasteiger partial charge in [-0.1, -0.05) is 15.9 Å². The molecule has 1 aromatic heterocycles. The van der Waals surface area contributed by atoms with E-state index in [0.29, 0.717) is 22.1 Å². The van der Waals surface area contributed by atoms with E-state index in [0.717, 1.165) is 0 Å². The number of nitrogens with one attached hydrogen (secondary N) is 1. The van der Waals surface area contributed by atoms with Crippen LogP contribution in [0.2, 0.25) is 0 Å². The Kier molecular flexibility index (Phi) is 4.71. The Balaban J connectivity index is 2.21. The zero-order valence-corrected chi connectivity index (χ0v) is 15.5. The molecule has 126 valence electrons. The average molecular weight is 386 g/mol. The van der Waals surface area contributed by atoms with Gasteiger partial charge in [0.2, 0.25) is 0 Å². The molecule has 0 aliphatic heterocycles. The van der Waals surface area contributed by atoms with Crippen molar-refractivity contribution in [1.29, 1.82) is 0 Å². The van der Waals surface area contributed by atoms with Gasteiger partial charge in [0.15, 0.2) is 5.82 Å². The summed E-state index contributed by atoms with van der Waals surface area (Å²) in [4.78, 5) is 16.0. The van der Waals surface area contributed by atoms with Crippen LogP contribution in [-0.2, 0) is 10.3 Å². The molecule has 0 radical (unpaired) electrons. The molecule has 0 spiro atoms. The number of benzene rings is 1. The van der Waals surface area contributed by atoms with Crippen molar-refractivity contribution < 1.29 is 13.9 Å². The van der Waals surface area contributed by atoms with Crippen LogP contribution in [-0.4, -0.2) is 27.8 Å². The van der Waals surface area contributed by atoms with Crippen molar-refractivity contribution in [2.24, 2.45) is 0 Å². The van der Waals surface area contributed by atoms with E-state index in [4.69, 9.17) is 4.74 Å². The first-order valence-electron chi connectivity index (χ1n) is 7.29. The predicted molar refractivity (Wildman–Crippen MR) is 90.9 cm³/mol. The molecule has 0 aliphatic carbocycles. The molecule has 0 saturated heterocycles. The Bertz CT molecular complexity index is 735. The molecule has 7 heteroatoms. The third kappa shape index (κ3) is 4.22. The van der Waals surface area contributed by atoms with Crippen LogP contribution >= 0.6 is 15.9 Å². The molecule has 0 unspecified atom stereocenters. The van der Waals surface area contributed by atoms with Crippen LogP contribution in [0.15, 0.2) is 22.9 Å². The summed E-state index contributed by atoms with van der Waals surface area (Å²) < 4.78 is 21.7. The van der Waals surface area contributed by atoms with Crippen LogP contribution in [0, 0.1) is 5.82 Å². The molecule has 1 heterocycles. The number of carbonyl (C=O) groups is 1. The average Bonchev–Trinajstić information content (AvgIpc) is 2.79. The van der Waals surface area contributed by atoms with Gasteiger partial charge in [-0.05, 0) is 46.8 Å². The standard InChI is InChI=1S/C16H21BrFN3O2/c1-15(2,3)23-14(22)19-8-16(4,5)21-9-20-13-11(18)6-10(17)7-12(13)21/h6-7,9H,8H2,1-5H3,(H,19,22). The van der Waals surface area contributed by atoms with E-state index in [1.807, 2.05) is 18.4 Å². The Morgan fingerprint density at radius 3 is 2.61 bits per heavy atom. The summed E-state index contributed by atoms with van der Waals surface area (Å²) in [6, 6.07) is 3.19. The van der Waals surface area contributed by atoms with Gasteiger partial charge in [-0.2, -0.15) is 0 Å². The number of amides is 1. The number of carbonyl (C=O) groups excluding carboxylic acids is 1. The quantitative estimate of drug-likeness (QED) is 0.861. The van der Waals surface area contributed by atoms with Gasteiger partial charge in [0, 0.05) is 11.0 Å². The van der Waals surface area contributed by atoms with E-state index in [1.165, 1.54) is 6.07 Å². The maximum atomic E-state index is 14.0. The number of imidazole rings is 1. The van der Waals surface area contributed by atoms with E-state index < -0.39 is 17.2 Å². The second kappa shape index (κ2) is 6.11. The van der Waals surface area contributed by atoms with Crippen molar-refractivity contribution in [3.8, 4) is 0 Å². The fraction of sp³-hybridized carbons (Fsp3) is 0.500. The zero-order valence-electron chi connectivity index (χ0n) is 13.9. The molecular weight excluding hydrogens is 365 g/mol. The lowest BCUT2D eigenvalue weighted by Crippen LogP contribution is -2.42. The molecule has 23 heavy (non-hydrogen) atoms. The molecule has 1 aromatic carbocycles. The number of fused-ring (bicyclic) bond motifs is 1. The number of alkyl carbamates (subject to hydrolysis) is 1. The predicted octanol–water partition coefficient (Wildman–Crippen LogP) is 4.20. The monoisotopic (exact) mass is 385 g/mol. The topological polar surface area (TPSA) is 56.1 Å². The molecule has 0 saturated carbocycles. The highest BCUT2D eigenvalue weighted by Gasteiger charge is 2.25. The Hall–Kier alpha value is -1.63. The fourth-order valence-corrected chi connectivity index (χ4v) is 2.63. The Labute approximate surface area is 143 Å². The minimum atomic E-state index is -0.552. The van der Waals surface area contributed by atoms with Crippen LogP contribution in [0.25, 0.3) is 11.0 Å². The molecule has 1 amide bonds. The first-order chi connectivity index (χ1) is 10.5. The highest BCUT2D eigenvalue weighted by atomic mass is 79.9. The maximum Gasteiger partial charge on any atom is 0.407 e. The van der Waals surface area contributed by atoms with Crippen molar-refractivity contribution >= 4 is 33.1 Å². The Morgan fingerprint density at radius 1 is 1.35 bits per heavy atom. The molecule has 0 aliphatic rings. The summed E-state index contributed by atoms with van der Waals surface area (Å²) in [7, 11) is 0. The number of halogens is 2. The highest BCUT2D eigenvalue weighted by molar-refractivity contribution is 9.10. The van der Waals surface area contributed by atoms with Gasteiger partial charge in [0.05, 0.1) is 17.4 Å². The number of rotatable bonds is 3. The number of aromatic nitrogens is 2. The summed E-state index contributed by atoms with van der Waals surface area (Å²) in [5.41, 5.74) is -0.0885. The minimum Gasteiger partial charge on any atom is -0.444 e. The van der Waals surface area contributed by atoms with Gasteiger partial charge in [-0.25, -0.2) is 14.2 Å². The van der Waals surface area contributed by atoms with Crippen molar-refractivity contribution in [3.05, 3.63) is 28.7 Å². The summed E-state index contributed by atoms with van der Waals surface area (Å²) in [6.07, 6.45) is 1.10. The van der Waals surface area contributed by atoms with E-state index in [-0.39, 0.29) is 5.82 Å². The van der Waals surface area contributed by atoms with E-state index in [2.05, 4.69) is 26.2 Å². The Morgan fingerprint density at radius 2 is 2.00 bits per heavy atom. The fourth-order valence-electron chi connectivity index (χ4n) is 2.21.